The zero-order chi connectivity index (χ0) is 11.2. The first-order valence-corrected chi connectivity index (χ1v) is 4.42. The van der Waals surface area contributed by atoms with Gasteiger partial charge in [0.25, 0.3) is 0 Å². The fourth-order valence-electron chi connectivity index (χ4n) is 0.946. The fourth-order valence-corrected chi connectivity index (χ4v) is 0.946. The van der Waals surface area contributed by atoms with Crippen LogP contribution < -0.4 is 10.6 Å². The van der Waals surface area contributed by atoms with Crippen LogP contribution in [-0.2, 0) is 4.79 Å². The van der Waals surface area contributed by atoms with E-state index >= 15 is 0 Å². The second-order valence-corrected chi connectivity index (χ2v) is 3.05. The standard InChI is InChI=1S/C8H15F3N2O/c1-3-12-7(14)5-13-6(2)4-8(9,10)11/h6,13H,3-5H2,1-2H3,(H,12,14). The molecule has 0 fully saturated rings. The van der Waals surface area contributed by atoms with Crippen molar-refractivity contribution in [1.82, 2.24) is 10.6 Å². The zero-order valence-corrected chi connectivity index (χ0v) is 8.24. The molecule has 0 spiro atoms. The number of alkyl halides is 3. The molecule has 0 aliphatic heterocycles. The van der Waals surface area contributed by atoms with Crippen LogP contribution >= 0.6 is 0 Å². The summed E-state index contributed by atoms with van der Waals surface area (Å²) in [6, 6.07) is -0.738. The summed E-state index contributed by atoms with van der Waals surface area (Å²) in [5.41, 5.74) is 0. The minimum Gasteiger partial charge on any atom is -0.355 e. The minimum absolute atomic E-state index is 0.0783. The molecule has 0 aromatic rings. The van der Waals surface area contributed by atoms with Crippen molar-refractivity contribution in [3.8, 4) is 0 Å². The van der Waals surface area contributed by atoms with Gasteiger partial charge in [0.2, 0.25) is 5.91 Å². The third-order valence-electron chi connectivity index (χ3n) is 1.52. The van der Waals surface area contributed by atoms with Crippen LogP contribution in [-0.4, -0.2) is 31.2 Å². The molecule has 0 bridgehead atoms. The Morgan fingerprint density at radius 3 is 2.43 bits per heavy atom. The molecule has 14 heavy (non-hydrogen) atoms. The number of amides is 1. The molecule has 1 atom stereocenters. The Balaban J connectivity index is 3.63. The topological polar surface area (TPSA) is 41.1 Å². The van der Waals surface area contributed by atoms with E-state index in [0.29, 0.717) is 6.54 Å². The maximum Gasteiger partial charge on any atom is 0.390 e. The first-order chi connectivity index (χ1) is 6.35. The molecule has 0 saturated carbocycles. The lowest BCUT2D eigenvalue weighted by Crippen LogP contribution is -2.39. The van der Waals surface area contributed by atoms with E-state index in [4.69, 9.17) is 0 Å². The Kier molecular flexibility index (Phi) is 5.52. The number of hydrogen-bond donors (Lipinski definition) is 2. The number of carbonyl (C=O) groups is 1. The summed E-state index contributed by atoms with van der Waals surface area (Å²) in [6.07, 6.45) is -5.11. The second kappa shape index (κ2) is 5.85. The molecule has 0 rings (SSSR count). The molecule has 0 aromatic carbocycles. The van der Waals surface area contributed by atoms with Crippen LogP contribution in [0.4, 0.5) is 13.2 Å². The number of hydrogen-bond acceptors (Lipinski definition) is 2. The van der Waals surface area contributed by atoms with E-state index in [9.17, 15) is 18.0 Å². The van der Waals surface area contributed by atoms with Gasteiger partial charge < -0.3 is 10.6 Å². The van der Waals surface area contributed by atoms with Gasteiger partial charge in [-0.25, -0.2) is 0 Å². The summed E-state index contributed by atoms with van der Waals surface area (Å²) < 4.78 is 35.5. The maximum absolute atomic E-state index is 11.8. The third kappa shape index (κ3) is 7.85. The van der Waals surface area contributed by atoms with E-state index < -0.39 is 18.6 Å². The highest BCUT2D eigenvalue weighted by Crippen LogP contribution is 2.20. The highest BCUT2D eigenvalue weighted by Gasteiger charge is 2.29. The van der Waals surface area contributed by atoms with Gasteiger partial charge >= 0.3 is 6.18 Å². The van der Waals surface area contributed by atoms with Gasteiger partial charge in [0.05, 0.1) is 13.0 Å². The van der Waals surface area contributed by atoms with Crippen LogP contribution in [0.25, 0.3) is 0 Å². The van der Waals surface area contributed by atoms with Crippen molar-refractivity contribution in [1.29, 1.82) is 0 Å². The summed E-state index contributed by atoms with van der Waals surface area (Å²) in [4.78, 5) is 10.9. The predicted octanol–water partition coefficient (Wildman–Crippen LogP) is 1.05. The van der Waals surface area contributed by atoms with Crippen LogP contribution in [0.15, 0.2) is 0 Å². The van der Waals surface area contributed by atoms with Crippen molar-refractivity contribution in [3.63, 3.8) is 0 Å². The van der Waals surface area contributed by atoms with Gasteiger partial charge in [-0.15, -0.1) is 0 Å². The second-order valence-electron chi connectivity index (χ2n) is 3.05. The zero-order valence-electron chi connectivity index (χ0n) is 8.24. The first-order valence-electron chi connectivity index (χ1n) is 4.42. The highest BCUT2D eigenvalue weighted by molar-refractivity contribution is 5.77. The molecule has 2 N–H and O–H groups in total. The molecule has 6 heteroatoms. The molecule has 0 aliphatic rings. The summed E-state index contributed by atoms with van der Waals surface area (Å²) >= 11 is 0. The van der Waals surface area contributed by atoms with Crippen LogP contribution in [0.1, 0.15) is 20.3 Å². The van der Waals surface area contributed by atoms with Crippen molar-refractivity contribution in [2.75, 3.05) is 13.1 Å². The maximum atomic E-state index is 11.8. The van der Waals surface area contributed by atoms with Gasteiger partial charge in [0.1, 0.15) is 0 Å². The van der Waals surface area contributed by atoms with Crippen LogP contribution in [0.3, 0.4) is 0 Å². The lowest BCUT2D eigenvalue weighted by Gasteiger charge is -2.15. The number of carbonyl (C=O) groups excluding carboxylic acids is 1. The molecular formula is C8H15F3N2O. The van der Waals surface area contributed by atoms with E-state index in [2.05, 4.69) is 10.6 Å². The summed E-state index contributed by atoms with van der Waals surface area (Å²) in [5, 5.41) is 4.97. The van der Waals surface area contributed by atoms with Crippen molar-refractivity contribution in [2.24, 2.45) is 0 Å². The third-order valence-corrected chi connectivity index (χ3v) is 1.52. The number of rotatable bonds is 5. The molecule has 0 saturated heterocycles. The molecule has 1 amide bonds. The molecule has 0 heterocycles. The Morgan fingerprint density at radius 2 is 2.00 bits per heavy atom. The Hall–Kier alpha value is -0.780. The molecule has 1 unspecified atom stereocenters. The van der Waals surface area contributed by atoms with E-state index in [1.165, 1.54) is 6.92 Å². The predicted molar refractivity (Wildman–Crippen MR) is 46.8 cm³/mol. The van der Waals surface area contributed by atoms with E-state index in [1.807, 2.05) is 0 Å². The van der Waals surface area contributed by atoms with E-state index in [-0.39, 0.29) is 12.5 Å². The lowest BCUT2D eigenvalue weighted by molar-refractivity contribution is -0.139. The smallest absolute Gasteiger partial charge is 0.355 e. The molecule has 0 aromatic heterocycles. The van der Waals surface area contributed by atoms with Gasteiger partial charge in [-0.05, 0) is 13.8 Å². The van der Waals surface area contributed by atoms with Crippen LogP contribution in [0.5, 0.6) is 0 Å². The number of likely N-dealkylation sites (N-methyl/N-ethyl adjacent to an activating group) is 1. The average Bonchev–Trinajstić information content (AvgIpc) is 1.98. The number of nitrogens with one attached hydrogen (secondary N) is 2. The monoisotopic (exact) mass is 212 g/mol. The first kappa shape index (κ1) is 13.2. The summed E-state index contributed by atoms with van der Waals surface area (Å²) in [6.45, 7) is 3.54. The van der Waals surface area contributed by atoms with Crippen LogP contribution in [0.2, 0.25) is 0 Å². The Labute approximate surface area is 81.1 Å². The molecule has 3 nitrogen and oxygen atoms in total. The molecular weight excluding hydrogens is 197 g/mol. The largest absolute Gasteiger partial charge is 0.390 e. The molecule has 0 radical (unpaired) electrons. The SMILES string of the molecule is CCNC(=O)CNC(C)CC(F)(F)F. The van der Waals surface area contributed by atoms with Gasteiger partial charge in [0, 0.05) is 12.6 Å². The van der Waals surface area contributed by atoms with E-state index in [0.717, 1.165) is 0 Å². The summed E-state index contributed by atoms with van der Waals surface area (Å²) in [5.74, 6) is -0.290. The number of halogens is 3. The van der Waals surface area contributed by atoms with E-state index in [1.54, 1.807) is 6.92 Å². The van der Waals surface area contributed by atoms with Crippen molar-refractivity contribution < 1.29 is 18.0 Å². The van der Waals surface area contributed by atoms with Crippen molar-refractivity contribution in [2.45, 2.75) is 32.5 Å². The molecule has 0 aliphatic carbocycles. The Bertz CT molecular complexity index is 182. The average molecular weight is 212 g/mol. The molecule has 84 valence electrons. The quantitative estimate of drug-likeness (QED) is 0.715. The van der Waals surface area contributed by atoms with Gasteiger partial charge in [0.15, 0.2) is 0 Å². The fraction of sp³-hybridized carbons (Fsp3) is 0.875. The Morgan fingerprint density at radius 1 is 1.43 bits per heavy atom. The van der Waals surface area contributed by atoms with Crippen molar-refractivity contribution >= 4 is 5.91 Å². The summed E-state index contributed by atoms with van der Waals surface area (Å²) in [7, 11) is 0. The van der Waals surface area contributed by atoms with Gasteiger partial charge in [-0.2, -0.15) is 13.2 Å². The lowest BCUT2D eigenvalue weighted by atomic mass is 10.2. The highest BCUT2D eigenvalue weighted by atomic mass is 19.4. The minimum atomic E-state index is -4.19. The van der Waals surface area contributed by atoms with Gasteiger partial charge in [-0.3, -0.25) is 4.79 Å². The van der Waals surface area contributed by atoms with Crippen LogP contribution in [0, 0.1) is 0 Å². The van der Waals surface area contributed by atoms with Gasteiger partial charge in [-0.1, -0.05) is 0 Å². The normalized spacial score (nSPS) is 13.8. The van der Waals surface area contributed by atoms with Crippen molar-refractivity contribution in [3.05, 3.63) is 0 Å².